The fraction of sp³-hybridized carbons (Fsp3) is 0.318. The van der Waals surface area contributed by atoms with Gasteiger partial charge >= 0.3 is 0 Å². The molecule has 0 saturated carbocycles. The van der Waals surface area contributed by atoms with Gasteiger partial charge in [-0.1, -0.05) is 23.7 Å². The molecule has 6 nitrogen and oxygen atoms in total. The van der Waals surface area contributed by atoms with Gasteiger partial charge in [-0.15, -0.1) is 0 Å². The van der Waals surface area contributed by atoms with Crippen molar-refractivity contribution in [3.63, 3.8) is 0 Å². The summed E-state index contributed by atoms with van der Waals surface area (Å²) in [5.74, 6) is 1.17. The Bertz CT molecular complexity index is 1020. The van der Waals surface area contributed by atoms with E-state index in [9.17, 15) is 4.79 Å². The third kappa shape index (κ3) is 4.43. The van der Waals surface area contributed by atoms with Gasteiger partial charge in [-0.2, -0.15) is 0 Å². The topological polar surface area (TPSA) is 69.0 Å². The van der Waals surface area contributed by atoms with Crippen LogP contribution in [0.25, 0.3) is 11.3 Å². The smallest absolute Gasteiger partial charge is 0.257 e. The monoisotopic (exact) mass is 410 g/mol. The fourth-order valence-electron chi connectivity index (χ4n) is 3.37. The molecule has 7 heteroatoms. The third-order valence-corrected chi connectivity index (χ3v) is 5.01. The standard InChI is InChI=1S/C22H23ClN4O2/c1-14(2)29-22-18(23)11-16(12-24-22)21(28)25-17-7-5-6-15(10-17)19-13-27-9-4-3-8-20(27)26-19/h5-7,10-14H,3-4,8-9H2,1-2H3,(H,25,28). The van der Waals surface area contributed by atoms with Crippen molar-refractivity contribution >= 4 is 23.2 Å². The van der Waals surface area contributed by atoms with E-state index in [0.717, 1.165) is 30.0 Å². The number of pyridine rings is 1. The van der Waals surface area contributed by atoms with Crippen LogP contribution >= 0.6 is 11.6 Å². The predicted molar refractivity (Wildman–Crippen MR) is 114 cm³/mol. The molecule has 0 spiro atoms. The van der Waals surface area contributed by atoms with Gasteiger partial charge < -0.3 is 14.6 Å². The van der Waals surface area contributed by atoms with E-state index in [0.29, 0.717) is 22.2 Å². The summed E-state index contributed by atoms with van der Waals surface area (Å²) in [4.78, 5) is 21.5. The van der Waals surface area contributed by atoms with Gasteiger partial charge in [0, 0.05) is 36.6 Å². The normalized spacial score (nSPS) is 13.2. The van der Waals surface area contributed by atoms with Gasteiger partial charge in [-0.05, 0) is 44.9 Å². The van der Waals surface area contributed by atoms with Crippen LogP contribution in [-0.2, 0) is 13.0 Å². The van der Waals surface area contributed by atoms with Crippen molar-refractivity contribution in [1.29, 1.82) is 0 Å². The summed E-state index contributed by atoms with van der Waals surface area (Å²) in [6.45, 7) is 4.80. The first-order valence-corrected chi connectivity index (χ1v) is 10.2. The van der Waals surface area contributed by atoms with Crippen LogP contribution in [-0.4, -0.2) is 26.5 Å². The van der Waals surface area contributed by atoms with E-state index in [2.05, 4.69) is 21.1 Å². The van der Waals surface area contributed by atoms with E-state index in [1.54, 1.807) is 6.07 Å². The highest BCUT2D eigenvalue weighted by Gasteiger charge is 2.15. The number of nitrogens with zero attached hydrogens (tertiary/aromatic N) is 3. The zero-order valence-corrected chi connectivity index (χ0v) is 17.2. The first kappa shape index (κ1) is 19.5. The molecular weight excluding hydrogens is 388 g/mol. The molecule has 4 rings (SSSR count). The molecular formula is C22H23ClN4O2. The Labute approximate surface area is 174 Å². The van der Waals surface area contributed by atoms with Crippen LogP contribution in [0.1, 0.15) is 42.9 Å². The number of carbonyl (C=O) groups is 1. The van der Waals surface area contributed by atoms with Gasteiger partial charge in [0.2, 0.25) is 5.88 Å². The molecule has 1 aliphatic rings. The minimum Gasteiger partial charge on any atom is -0.474 e. The van der Waals surface area contributed by atoms with Crippen LogP contribution in [0.5, 0.6) is 5.88 Å². The van der Waals surface area contributed by atoms with Crippen LogP contribution in [0, 0.1) is 0 Å². The SMILES string of the molecule is CC(C)Oc1ncc(C(=O)Nc2cccc(-c3cn4c(n3)CCCC4)c2)cc1Cl. The summed E-state index contributed by atoms with van der Waals surface area (Å²) in [6.07, 6.45) is 6.90. The maximum absolute atomic E-state index is 12.6. The van der Waals surface area contributed by atoms with Crippen LogP contribution in [0.4, 0.5) is 5.69 Å². The highest BCUT2D eigenvalue weighted by Crippen LogP contribution is 2.26. The number of hydrogen-bond donors (Lipinski definition) is 1. The van der Waals surface area contributed by atoms with Crippen LogP contribution in [0.3, 0.4) is 0 Å². The van der Waals surface area contributed by atoms with Crippen molar-refractivity contribution in [1.82, 2.24) is 14.5 Å². The number of aromatic nitrogens is 3. The number of carbonyl (C=O) groups excluding carboxylic acids is 1. The molecule has 3 heterocycles. The average Bonchev–Trinajstić information content (AvgIpc) is 3.14. The van der Waals surface area contributed by atoms with Crippen molar-refractivity contribution in [3.8, 4) is 17.1 Å². The molecule has 0 bridgehead atoms. The zero-order valence-electron chi connectivity index (χ0n) is 16.5. The lowest BCUT2D eigenvalue weighted by molar-refractivity contribution is 0.102. The Morgan fingerprint density at radius 1 is 1.28 bits per heavy atom. The number of ether oxygens (including phenoxy) is 1. The summed E-state index contributed by atoms with van der Waals surface area (Å²) < 4.78 is 7.73. The minimum absolute atomic E-state index is 0.0453. The molecule has 1 aromatic carbocycles. The highest BCUT2D eigenvalue weighted by atomic mass is 35.5. The number of hydrogen-bond acceptors (Lipinski definition) is 4. The van der Waals surface area contributed by atoms with Crippen molar-refractivity contribution < 1.29 is 9.53 Å². The molecule has 150 valence electrons. The van der Waals surface area contributed by atoms with Gasteiger partial charge in [-0.3, -0.25) is 4.79 Å². The number of benzene rings is 1. The van der Waals surface area contributed by atoms with Gasteiger partial charge in [0.15, 0.2) is 0 Å². The summed E-state index contributed by atoms with van der Waals surface area (Å²) in [5.41, 5.74) is 2.96. The molecule has 3 aromatic rings. The van der Waals surface area contributed by atoms with E-state index in [-0.39, 0.29) is 12.0 Å². The molecule has 1 aliphatic heterocycles. The molecule has 0 saturated heterocycles. The number of fused-ring (bicyclic) bond motifs is 1. The maximum atomic E-state index is 12.6. The van der Waals surface area contributed by atoms with E-state index < -0.39 is 0 Å². The second kappa shape index (κ2) is 8.25. The van der Waals surface area contributed by atoms with Crippen LogP contribution in [0.2, 0.25) is 5.02 Å². The first-order valence-electron chi connectivity index (χ1n) is 9.79. The van der Waals surface area contributed by atoms with Crippen molar-refractivity contribution in [2.45, 2.75) is 45.8 Å². The Hall–Kier alpha value is -2.86. The van der Waals surface area contributed by atoms with Crippen molar-refractivity contribution in [2.24, 2.45) is 0 Å². The number of aryl methyl sites for hydroxylation is 2. The first-order chi connectivity index (χ1) is 14.0. The number of imidazole rings is 1. The number of halogens is 1. The number of nitrogens with one attached hydrogen (secondary N) is 1. The molecule has 2 aromatic heterocycles. The molecule has 0 unspecified atom stereocenters. The van der Waals surface area contributed by atoms with E-state index >= 15 is 0 Å². The summed E-state index contributed by atoms with van der Waals surface area (Å²) in [7, 11) is 0. The number of anilines is 1. The molecule has 0 fully saturated rings. The summed E-state index contributed by atoms with van der Waals surface area (Å²) in [5, 5.41) is 3.21. The van der Waals surface area contributed by atoms with Crippen LogP contribution < -0.4 is 10.1 Å². The summed E-state index contributed by atoms with van der Waals surface area (Å²) in [6, 6.07) is 9.25. The molecule has 1 amide bonds. The molecule has 0 aliphatic carbocycles. The highest BCUT2D eigenvalue weighted by molar-refractivity contribution is 6.32. The lowest BCUT2D eigenvalue weighted by atomic mass is 10.1. The largest absolute Gasteiger partial charge is 0.474 e. The second-order valence-electron chi connectivity index (χ2n) is 7.41. The Morgan fingerprint density at radius 2 is 2.14 bits per heavy atom. The van der Waals surface area contributed by atoms with Gasteiger partial charge in [-0.25, -0.2) is 9.97 Å². The van der Waals surface area contributed by atoms with Gasteiger partial charge in [0.1, 0.15) is 10.8 Å². The van der Waals surface area contributed by atoms with E-state index in [1.807, 2.05) is 38.1 Å². The van der Waals surface area contributed by atoms with Crippen molar-refractivity contribution in [2.75, 3.05) is 5.32 Å². The Morgan fingerprint density at radius 3 is 2.90 bits per heavy atom. The lowest BCUT2D eigenvalue weighted by Crippen LogP contribution is -2.13. The zero-order chi connectivity index (χ0) is 20.4. The predicted octanol–water partition coefficient (Wildman–Crippen LogP) is 4.97. The maximum Gasteiger partial charge on any atom is 0.257 e. The lowest BCUT2D eigenvalue weighted by Gasteiger charge is -2.11. The Balaban J connectivity index is 1.51. The fourth-order valence-corrected chi connectivity index (χ4v) is 3.58. The second-order valence-corrected chi connectivity index (χ2v) is 7.81. The third-order valence-electron chi connectivity index (χ3n) is 4.74. The van der Waals surface area contributed by atoms with Crippen LogP contribution in [0.15, 0.2) is 42.7 Å². The summed E-state index contributed by atoms with van der Waals surface area (Å²) >= 11 is 6.20. The average molecular weight is 411 g/mol. The molecule has 0 atom stereocenters. The van der Waals surface area contributed by atoms with Crippen molar-refractivity contribution in [3.05, 3.63) is 59.1 Å². The number of rotatable bonds is 5. The molecule has 0 radical (unpaired) electrons. The molecule has 1 N–H and O–H groups in total. The van der Waals surface area contributed by atoms with E-state index in [1.165, 1.54) is 19.0 Å². The Kier molecular flexibility index (Phi) is 5.53. The van der Waals surface area contributed by atoms with E-state index in [4.69, 9.17) is 21.3 Å². The molecule has 29 heavy (non-hydrogen) atoms. The number of amides is 1. The van der Waals surface area contributed by atoms with Gasteiger partial charge in [0.05, 0.1) is 17.4 Å². The quantitative estimate of drug-likeness (QED) is 0.644. The van der Waals surface area contributed by atoms with Gasteiger partial charge in [0.25, 0.3) is 5.91 Å². The minimum atomic E-state index is -0.281.